The maximum atomic E-state index is 3.80. The van der Waals surface area contributed by atoms with Crippen molar-refractivity contribution >= 4 is 0 Å². The lowest BCUT2D eigenvalue weighted by Gasteiger charge is -2.41. The standard InChI is InChI=1S/C13H27N3/c1-13(2,3)16-8-5-11(6-9-16)15-12-4-7-14-10-12/h11-12,14-15H,4-10H2,1-3H3. The Morgan fingerprint density at radius 3 is 2.25 bits per heavy atom. The van der Waals surface area contributed by atoms with Gasteiger partial charge in [-0.25, -0.2) is 0 Å². The highest BCUT2D eigenvalue weighted by Crippen LogP contribution is 2.20. The molecule has 3 heteroatoms. The van der Waals surface area contributed by atoms with Gasteiger partial charge in [-0.15, -0.1) is 0 Å². The molecule has 0 radical (unpaired) electrons. The monoisotopic (exact) mass is 225 g/mol. The molecular weight excluding hydrogens is 198 g/mol. The molecule has 0 aromatic carbocycles. The fourth-order valence-electron chi connectivity index (χ4n) is 2.85. The lowest BCUT2D eigenvalue weighted by Crippen LogP contribution is -2.51. The second kappa shape index (κ2) is 5.03. The van der Waals surface area contributed by atoms with E-state index in [0.717, 1.165) is 12.1 Å². The minimum atomic E-state index is 0.347. The molecule has 2 aliphatic heterocycles. The largest absolute Gasteiger partial charge is 0.315 e. The maximum Gasteiger partial charge on any atom is 0.0207 e. The van der Waals surface area contributed by atoms with Crippen LogP contribution in [-0.2, 0) is 0 Å². The fraction of sp³-hybridized carbons (Fsp3) is 1.00. The second-order valence-electron chi connectivity index (χ2n) is 6.29. The summed E-state index contributed by atoms with van der Waals surface area (Å²) in [6.07, 6.45) is 3.93. The van der Waals surface area contributed by atoms with Crippen molar-refractivity contribution in [3.8, 4) is 0 Å². The van der Waals surface area contributed by atoms with E-state index in [2.05, 4.69) is 36.3 Å². The molecule has 0 saturated carbocycles. The number of rotatable bonds is 2. The summed E-state index contributed by atoms with van der Waals surface area (Å²) in [6.45, 7) is 11.8. The molecule has 0 bridgehead atoms. The van der Waals surface area contributed by atoms with Crippen molar-refractivity contribution in [1.29, 1.82) is 0 Å². The molecule has 2 heterocycles. The third-order valence-corrected chi connectivity index (χ3v) is 3.98. The van der Waals surface area contributed by atoms with E-state index >= 15 is 0 Å². The minimum Gasteiger partial charge on any atom is -0.315 e. The van der Waals surface area contributed by atoms with E-state index < -0.39 is 0 Å². The average molecular weight is 225 g/mol. The van der Waals surface area contributed by atoms with Crippen LogP contribution in [0.15, 0.2) is 0 Å². The molecular formula is C13H27N3. The number of nitrogens with zero attached hydrogens (tertiary/aromatic N) is 1. The summed E-state index contributed by atoms with van der Waals surface area (Å²) in [5, 5.41) is 7.22. The van der Waals surface area contributed by atoms with Gasteiger partial charge in [-0.3, -0.25) is 4.90 Å². The molecule has 2 fully saturated rings. The van der Waals surface area contributed by atoms with Crippen LogP contribution in [0.1, 0.15) is 40.0 Å². The summed E-state index contributed by atoms with van der Waals surface area (Å²) in [7, 11) is 0. The first kappa shape index (κ1) is 12.3. The van der Waals surface area contributed by atoms with Crippen molar-refractivity contribution in [1.82, 2.24) is 15.5 Å². The smallest absolute Gasteiger partial charge is 0.0207 e. The molecule has 0 aliphatic carbocycles. The molecule has 0 aromatic heterocycles. The minimum absolute atomic E-state index is 0.347. The molecule has 16 heavy (non-hydrogen) atoms. The van der Waals surface area contributed by atoms with E-state index in [1.54, 1.807) is 0 Å². The molecule has 1 unspecified atom stereocenters. The van der Waals surface area contributed by atoms with Crippen LogP contribution in [0.4, 0.5) is 0 Å². The Morgan fingerprint density at radius 1 is 1.06 bits per heavy atom. The summed E-state index contributed by atoms with van der Waals surface area (Å²) in [5.74, 6) is 0. The highest BCUT2D eigenvalue weighted by Gasteiger charge is 2.28. The van der Waals surface area contributed by atoms with Gasteiger partial charge in [0.1, 0.15) is 0 Å². The second-order valence-corrected chi connectivity index (χ2v) is 6.29. The molecule has 2 rings (SSSR count). The topological polar surface area (TPSA) is 27.3 Å². The maximum absolute atomic E-state index is 3.80. The van der Waals surface area contributed by atoms with Gasteiger partial charge in [0.25, 0.3) is 0 Å². The first-order valence-electron chi connectivity index (χ1n) is 6.77. The lowest BCUT2D eigenvalue weighted by molar-refractivity contribution is 0.0942. The number of likely N-dealkylation sites (tertiary alicyclic amines) is 1. The van der Waals surface area contributed by atoms with Crippen molar-refractivity contribution in [2.24, 2.45) is 0 Å². The number of nitrogens with one attached hydrogen (secondary N) is 2. The molecule has 0 spiro atoms. The van der Waals surface area contributed by atoms with Crippen LogP contribution in [0, 0.1) is 0 Å². The number of piperidine rings is 1. The first-order valence-corrected chi connectivity index (χ1v) is 6.77. The SMILES string of the molecule is CC(C)(C)N1CCC(NC2CCNC2)CC1. The lowest BCUT2D eigenvalue weighted by atomic mass is 9.97. The van der Waals surface area contributed by atoms with E-state index in [9.17, 15) is 0 Å². The van der Waals surface area contributed by atoms with E-state index in [1.165, 1.54) is 45.4 Å². The zero-order chi connectivity index (χ0) is 11.6. The molecule has 0 amide bonds. The van der Waals surface area contributed by atoms with Gasteiger partial charge >= 0.3 is 0 Å². The van der Waals surface area contributed by atoms with E-state index in [0.29, 0.717) is 5.54 Å². The average Bonchev–Trinajstić information content (AvgIpc) is 2.70. The predicted molar refractivity (Wildman–Crippen MR) is 68.8 cm³/mol. The van der Waals surface area contributed by atoms with Crippen LogP contribution in [0.2, 0.25) is 0 Å². The van der Waals surface area contributed by atoms with Crippen molar-refractivity contribution in [3.63, 3.8) is 0 Å². The Hall–Kier alpha value is -0.120. The molecule has 3 nitrogen and oxygen atoms in total. The van der Waals surface area contributed by atoms with Crippen LogP contribution < -0.4 is 10.6 Å². The van der Waals surface area contributed by atoms with Crippen LogP contribution in [0.3, 0.4) is 0 Å². The summed E-state index contributed by atoms with van der Waals surface area (Å²) >= 11 is 0. The van der Waals surface area contributed by atoms with Gasteiger partial charge in [0, 0.05) is 37.3 Å². The molecule has 0 aromatic rings. The van der Waals surface area contributed by atoms with Crippen molar-refractivity contribution in [3.05, 3.63) is 0 Å². The Bertz CT molecular complexity index is 208. The Morgan fingerprint density at radius 2 is 1.75 bits per heavy atom. The molecule has 94 valence electrons. The molecule has 2 N–H and O–H groups in total. The quantitative estimate of drug-likeness (QED) is 0.739. The molecule has 1 atom stereocenters. The molecule has 2 saturated heterocycles. The predicted octanol–water partition coefficient (Wildman–Crippen LogP) is 1.20. The van der Waals surface area contributed by atoms with Gasteiger partial charge in [-0.05, 0) is 46.6 Å². The third-order valence-electron chi connectivity index (χ3n) is 3.98. The summed E-state index contributed by atoms with van der Waals surface area (Å²) in [6, 6.07) is 1.48. The Labute approximate surface area is 100.0 Å². The zero-order valence-electron chi connectivity index (χ0n) is 11.1. The van der Waals surface area contributed by atoms with Crippen LogP contribution >= 0.6 is 0 Å². The van der Waals surface area contributed by atoms with Gasteiger partial charge in [0.2, 0.25) is 0 Å². The van der Waals surface area contributed by atoms with Gasteiger partial charge in [0.15, 0.2) is 0 Å². The highest BCUT2D eigenvalue weighted by atomic mass is 15.2. The van der Waals surface area contributed by atoms with Gasteiger partial charge < -0.3 is 10.6 Å². The zero-order valence-corrected chi connectivity index (χ0v) is 11.1. The van der Waals surface area contributed by atoms with Crippen molar-refractivity contribution in [2.45, 2.75) is 57.7 Å². The Balaban J connectivity index is 1.72. The molecule has 2 aliphatic rings. The summed E-state index contributed by atoms with van der Waals surface area (Å²) < 4.78 is 0. The van der Waals surface area contributed by atoms with E-state index in [-0.39, 0.29) is 0 Å². The van der Waals surface area contributed by atoms with Gasteiger partial charge in [0.05, 0.1) is 0 Å². The van der Waals surface area contributed by atoms with Crippen LogP contribution in [0.5, 0.6) is 0 Å². The van der Waals surface area contributed by atoms with E-state index in [4.69, 9.17) is 0 Å². The van der Waals surface area contributed by atoms with Crippen molar-refractivity contribution < 1.29 is 0 Å². The summed E-state index contributed by atoms with van der Waals surface area (Å²) in [5.41, 5.74) is 0.347. The fourth-order valence-corrected chi connectivity index (χ4v) is 2.85. The van der Waals surface area contributed by atoms with Gasteiger partial charge in [-0.2, -0.15) is 0 Å². The van der Waals surface area contributed by atoms with Crippen LogP contribution in [-0.4, -0.2) is 48.7 Å². The Kier molecular flexibility index (Phi) is 3.88. The normalized spacial score (nSPS) is 29.8. The summed E-state index contributed by atoms with van der Waals surface area (Å²) in [4.78, 5) is 2.61. The van der Waals surface area contributed by atoms with Crippen LogP contribution in [0.25, 0.3) is 0 Å². The number of hydrogen-bond acceptors (Lipinski definition) is 3. The third kappa shape index (κ3) is 3.19. The van der Waals surface area contributed by atoms with Gasteiger partial charge in [-0.1, -0.05) is 0 Å². The van der Waals surface area contributed by atoms with E-state index in [1.807, 2.05) is 0 Å². The van der Waals surface area contributed by atoms with Crippen molar-refractivity contribution in [2.75, 3.05) is 26.2 Å². The first-order chi connectivity index (χ1) is 7.55. The number of hydrogen-bond donors (Lipinski definition) is 2. The highest BCUT2D eigenvalue weighted by molar-refractivity contribution is 4.87.